The summed E-state index contributed by atoms with van der Waals surface area (Å²) >= 11 is 11.1. The molecule has 0 amide bonds. The van der Waals surface area contributed by atoms with Gasteiger partial charge in [-0.05, 0) is 49.7 Å². The lowest BCUT2D eigenvalue weighted by Crippen LogP contribution is -1.96. The van der Waals surface area contributed by atoms with E-state index in [0.717, 1.165) is 6.54 Å². The van der Waals surface area contributed by atoms with Crippen molar-refractivity contribution >= 4 is 75.0 Å². The number of thiophene rings is 2. The molecule has 0 N–H and O–H groups in total. The first kappa shape index (κ1) is 16.0. The van der Waals surface area contributed by atoms with E-state index in [2.05, 4.69) is 54.8 Å². The second kappa shape index (κ2) is 7.16. The lowest BCUT2D eigenvalue weighted by atomic mass is 10.1. The molecule has 0 saturated carbocycles. The number of aromatic nitrogens is 1. The van der Waals surface area contributed by atoms with Gasteiger partial charge in [0.05, 0.1) is 18.5 Å². The molecule has 21 heavy (non-hydrogen) atoms. The Morgan fingerprint density at radius 3 is 2.67 bits per heavy atom. The SMILES string of the molecule is CCCCCCCCn1c2sccc2c2sc(Br)c(Br)c21. The minimum atomic E-state index is 1.13. The minimum Gasteiger partial charge on any atom is -0.331 e. The van der Waals surface area contributed by atoms with Crippen LogP contribution in [-0.4, -0.2) is 4.57 Å². The Hall–Kier alpha value is 0.160. The Morgan fingerprint density at radius 1 is 1.10 bits per heavy atom. The summed E-state index contributed by atoms with van der Waals surface area (Å²) in [6, 6.07) is 2.26. The number of halogens is 2. The van der Waals surface area contributed by atoms with E-state index < -0.39 is 0 Å². The molecular formula is C16H19Br2NS2. The summed E-state index contributed by atoms with van der Waals surface area (Å²) < 4.78 is 6.35. The van der Waals surface area contributed by atoms with Gasteiger partial charge in [-0.25, -0.2) is 0 Å². The lowest BCUT2D eigenvalue weighted by molar-refractivity contribution is 0.572. The monoisotopic (exact) mass is 447 g/mol. The van der Waals surface area contributed by atoms with Crippen LogP contribution in [-0.2, 0) is 6.54 Å². The van der Waals surface area contributed by atoms with Crippen molar-refractivity contribution in [3.63, 3.8) is 0 Å². The second-order valence-corrected chi connectivity index (χ2v) is 9.45. The highest BCUT2D eigenvalue weighted by Crippen LogP contribution is 2.45. The van der Waals surface area contributed by atoms with Gasteiger partial charge in [-0.1, -0.05) is 39.0 Å². The first-order valence-corrected chi connectivity index (χ1v) is 10.9. The second-order valence-electron chi connectivity index (χ2n) is 5.43. The largest absolute Gasteiger partial charge is 0.331 e. The van der Waals surface area contributed by atoms with E-state index in [1.165, 1.54) is 67.2 Å². The quantitative estimate of drug-likeness (QED) is 0.325. The van der Waals surface area contributed by atoms with Crippen LogP contribution in [0.4, 0.5) is 0 Å². The van der Waals surface area contributed by atoms with E-state index in [-0.39, 0.29) is 0 Å². The van der Waals surface area contributed by atoms with E-state index in [1.54, 1.807) is 0 Å². The van der Waals surface area contributed by atoms with Gasteiger partial charge in [0.2, 0.25) is 0 Å². The Kier molecular flexibility index (Phi) is 5.46. The Balaban J connectivity index is 1.80. The summed E-state index contributed by atoms with van der Waals surface area (Å²) in [5, 5.41) is 3.63. The van der Waals surface area contributed by atoms with E-state index in [9.17, 15) is 0 Å². The molecule has 0 spiro atoms. The van der Waals surface area contributed by atoms with E-state index in [1.807, 2.05) is 22.7 Å². The average Bonchev–Trinajstić information content (AvgIpc) is 3.11. The topological polar surface area (TPSA) is 4.93 Å². The molecule has 0 aliphatic rings. The van der Waals surface area contributed by atoms with Crippen molar-refractivity contribution in [3.8, 4) is 0 Å². The van der Waals surface area contributed by atoms with Crippen molar-refractivity contribution in [2.24, 2.45) is 0 Å². The van der Waals surface area contributed by atoms with Crippen molar-refractivity contribution in [2.45, 2.75) is 52.0 Å². The molecule has 0 aliphatic carbocycles. The zero-order chi connectivity index (χ0) is 14.8. The van der Waals surface area contributed by atoms with Crippen LogP contribution in [0.1, 0.15) is 45.4 Å². The van der Waals surface area contributed by atoms with Gasteiger partial charge < -0.3 is 4.57 Å². The Morgan fingerprint density at radius 2 is 1.86 bits per heavy atom. The van der Waals surface area contributed by atoms with Gasteiger partial charge in [-0.15, -0.1) is 22.7 Å². The van der Waals surface area contributed by atoms with Crippen molar-refractivity contribution < 1.29 is 0 Å². The summed E-state index contributed by atoms with van der Waals surface area (Å²) in [4.78, 5) is 1.43. The smallest absolute Gasteiger partial charge is 0.104 e. The van der Waals surface area contributed by atoms with Crippen LogP contribution in [0.15, 0.2) is 19.7 Å². The normalized spacial score (nSPS) is 12.0. The number of aryl methyl sites for hydroxylation is 1. The maximum atomic E-state index is 3.75. The van der Waals surface area contributed by atoms with Crippen molar-refractivity contribution in [3.05, 3.63) is 19.7 Å². The number of hydrogen-bond acceptors (Lipinski definition) is 2. The molecule has 3 aromatic rings. The van der Waals surface area contributed by atoms with Gasteiger partial charge in [-0.3, -0.25) is 0 Å². The highest BCUT2D eigenvalue weighted by molar-refractivity contribution is 9.13. The first-order chi connectivity index (χ1) is 10.2. The van der Waals surface area contributed by atoms with Gasteiger partial charge in [0.25, 0.3) is 0 Å². The van der Waals surface area contributed by atoms with Gasteiger partial charge in [-0.2, -0.15) is 0 Å². The number of nitrogens with zero attached hydrogens (tertiary/aromatic N) is 1. The molecule has 0 fully saturated rings. The summed E-state index contributed by atoms with van der Waals surface area (Å²) in [5.74, 6) is 0. The predicted octanol–water partition coefficient (Wildman–Crippen LogP) is 7.80. The number of rotatable bonds is 7. The molecule has 3 heterocycles. The van der Waals surface area contributed by atoms with Crippen LogP contribution in [0.3, 0.4) is 0 Å². The summed E-state index contributed by atoms with van der Waals surface area (Å²) in [7, 11) is 0. The van der Waals surface area contributed by atoms with Gasteiger partial charge in [0.15, 0.2) is 0 Å². The molecule has 5 heteroatoms. The van der Waals surface area contributed by atoms with Gasteiger partial charge in [0.1, 0.15) is 4.83 Å². The third-order valence-electron chi connectivity index (χ3n) is 3.93. The molecule has 0 aliphatic heterocycles. The fourth-order valence-electron chi connectivity index (χ4n) is 2.85. The van der Waals surface area contributed by atoms with Crippen LogP contribution in [0.25, 0.3) is 20.4 Å². The maximum absolute atomic E-state index is 3.75. The van der Waals surface area contributed by atoms with Crippen LogP contribution in [0.2, 0.25) is 0 Å². The van der Waals surface area contributed by atoms with Crippen molar-refractivity contribution in [2.75, 3.05) is 0 Å². The zero-order valence-electron chi connectivity index (χ0n) is 12.1. The molecule has 0 bridgehead atoms. The summed E-state index contributed by atoms with van der Waals surface area (Å²) in [5.41, 5.74) is 1.38. The van der Waals surface area contributed by atoms with Crippen molar-refractivity contribution in [1.82, 2.24) is 4.57 Å². The molecule has 0 saturated heterocycles. The molecule has 0 unspecified atom stereocenters. The fraction of sp³-hybridized carbons (Fsp3) is 0.500. The molecule has 1 nitrogen and oxygen atoms in total. The minimum absolute atomic E-state index is 1.13. The highest BCUT2D eigenvalue weighted by Gasteiger charge is 2.18. The third-order valence-corrected chi connectivity index (χ3v) is 8.31. The van der Waals surface area contributed by atoms with Gasteiger partial charge in [0, 0.05) is 11.9 Å². The molecular weight excluding hydrogens is 430 g/mol. The number of unbranched alkanes of at least 4 members (excludes halogenated alkanes) is 5. The third kappa shape index (κ3) is 3.12. The van der Waals surface area contributed by atoms with Crippen LogP contribution in [0, 0.1) is 0 Å². The summed E-state index contributed by atoms with van der Waals surface area (Å²) in [6.45, 7) is 3.41. The molecule has 0 aromatic carbocycles. The maximum Gasteiger partial charge on any atom is 0.104 e. The number of hydrogen-bond donors (Lipinski definition) is 0. The van der Waals surface area contributed by atoms with Crippen LogP contribution >= 0.6 is 54.5 Å². The van der Waals surface area contributed by atoms with Crippen molar-refractivity contribution in [1.29, 1.82) is 0 Å². The summed E-state index contributed by atoms with van der Waals surface area (Å²) in [6.07, 6.45) is 8.09. The van der Waals surface area contributed by atoms with Crippen LogP contribution in [0.5, 0.6) is 0 Å². The van der Waals surface area contributed by atoms with E-state index in [0.29, 0.717) is 0 Å². The predicted molar refractivity (Wildman–Crippen MR) is 104 cm³/mol. The standard InChI is InChI=1S/C16H19Br2NS2/c1-2-3-4-5-6-7-9-19-13-12(17)15(18)21-14(13)11-8-10-20-16(11)19/h8,10H,2-7,9H2,1H3. The molecule has 3 rings (SSSR count). The number of fused-ring (bicyclic) bond motifs is 3. The van der Waals surface area contributed by atoms with Gasteiger partial charge >= 0.3 is 0 Å². The zero-order valence-corrected chi connectivity index (χ0v) is 16.9. The molecule has 114 valence electrons. The lowest BCUT2D eigenvalue weighted by Gasteiger charge is -2.06. The fourth-order valence-corrected chi connectivity index (χ4v) is 6.26. The average molecular weight is 449 g/mol. The Bertz CT molecular complexity index is 738. The van der Waals surface area contributed by atoms with Crippen LogP contribution < -0.4 is 0 Å². The molecule has 0 atom stereocenters. The first-order valence-electron chi connectivity index (χ1n) is 7.57. The molecule has 0 radical (unpaired) electrons. The Labute approximate surface area is 150 Å². The van der Waals surface area contributed by atoms with E-state index >= 15 is 0 Å². The molecule has 3 aromatic heterocycles. The highest BCUT2D eigenvalue weighted by atomic mass is 79.9. The van der Waals surface area contributed by atoms with E-state index in [4.69, 9.17) is 0 Å².